The van der Waals surface area contributed by atoms with Gasteiger partial charge in [0, 0.05) is 10.7 Å². The topological polar surface area (TPSA) is 64.6 Å². The van der Waals surface area contributed by atoms with E-state index >= 15 is 0 Å². The maximum Gasteiger partial charge on any atom is 0.338 e. The van der Waals surface area contributed by atoms with Crippen LogP contribution in [0.15, 0.2) is 42.5 Å². The number of halogens is 1. The van der Waals surface area contributed by atoms with Crippen molar-refractivity contribution in [3.05, 3.63) is 58.6 Å². The lowest BCUT2D eigenvalue weighted by Gasteiger charge is -2.10. The molecule has 0 aliphatic heterocycles. The zero-order chi connectivity index (χ0) is 17.5. The van der Waals surface area contributed by atoms with E-state index in [9.17, 15) is 9.59 Å². The van der Waals surface area contributed by atoms with Crippen LogP contribution in [0.1, 0.15) is 22.8 Å². The molecule has 0 bridgehead atoms. The number of esters is 1. The van der Waals surface area contributed by atoms with E-state index in [1.165, 1.54) is 0 Å². The summed E-state index contributed by atoms with van der Waals surface area (Å²) < 4.78 is 10.4. The summed E-state index contributed by atoms with van der Waals surface area (Å²) in [4.78, 5) is 23.7. The number of rotatable bonds is 6. The Labute approximate surface area is 145 Å². The molecule has 1 amide bonds. The molecule has 0 atom stereocenters. The molecule has 1 N–H and O–H groups in total. The van der Waals surface area contributed by atoms with Gasteiger partial charge in [-0.3, -0.25) is 4.79 Å². The molecule has 2 aromatic carbocycles. The quantitative estimate of drug-likeness (QED) is 0.806. The van der Waals surface area contributed by atoms with Gasteiger partial charge in [-0.05, 0) is 55.8 Å². The molecule has 0 spiro atoms. The highest BCUT2D eigenvalue weighted by Gasteiger charge is 2.09. The zero-order valence-corrected chi connectivity index (χ0v) is 14.2. The Kier molecular flexibility index (Phi) is 6.21. The van der Waals surface area contributed by atoms with Gasteiger partial charge in [-0.1, -0.05) is 17.7 Å². The Hall–Kier alpha value is -2.53. The number of ether oxygens (including phenoxy) is 2. The normalized spacial score (nSPS) is 10.1. The first kappa shape index (κ1) is 17.8. The Balaban J connectivity index is 1.94. The molecule has 5 nitrogen and oxygen atoms in total. The SMILES string of the molecule is CCOC(=O)c1cccc(OCC(=O)Nc2ccc(Cl)cc2C)c1. The second-order valence-corrected chi connectivity index (χ2v) is 5.48. The van der Waals surface area contributed by atoms with Crippen molar-refractivity contribution in [2.45, 2.75) is 13.8 Å². The predicted octanol–water partition coefficient (Wildman–Crippen LogP) is 3.84. The largest absolute Gasteiger partial charge is 0.484 e. The van der Waals surface area contributed by atoms with Gasteiger partial charge in [-0.25, -0.2) is 4.79 Å². The summed E-state index contributed by atoms with van der Waals surface area (Å²) in [5.74, 6) is -0.310. The molecule has 2 aromatic rings. The molecule has 0 heterocycles. The standard InChI is InChI=1S/C18H18ClNO4/c1-3-23-18(22)13-5-4-6-15(10-13)24-11-17(21)20-16-8-7-14(19)9-12(16)2/h4-10H,3,11H2,1-2H3,(H,20,21). The molecule has 126 valence electrons. The van der Waals surface area contributed by atoms with Gasteiger partial charge in [-0.2, -0.15) is 0 Å². The number of amides is 1. The second-order valence-electron chi connectivity index (χ2n) is 5.04. The first-order valence-corrected chi connectivity index (χ1v) is 7.83. The van der Waals surface area contributed by atoms with E-state index in [4.69, 9.17) is 21.1 Å². The van der Waals surface area contributed by atoms with Gasteiger partial charge in [0.15, 0.2) is 6.61 Å². The van der Waals surface area contributed by atoms with E-state index in [-0.39, 0.29) is 12.5 Å². The van der Waals surface area contributed by atoms with Crippen molar-refractivity contribution in [3.63, 3.8) is 0 Å². The minimum atomic E-state index is -0.427. The van der Waals surface area contributed by atoms with Crippen molar-refractivity contribution in [1.82, 2.24) is 0 Å². The molecule has 0 saturated carbocycles. The predicted molar refractivity (Wildman–Crippen MR) is 92.7 cm³/mol. The molecule has 2 rings (SSSR count). The van der Waals surface area contributed by atoms with Crippen molar-refractivity contribution in [2.24, 2.45) is 0 Å². The number of carbonyl (C=O) groups is 2. The summed E-state index contributed by atoms with van der Waals surface area (Å²) in [6.45, 7) is 3.72. The maximum atomic E-state index is 12.0. The monoisotopic (exact) mass is 347 g/mol. The number of anilines is 1. The first-order valence-electron chi connectivity index (χ1n) is 7.45. The highest BCUT2D eigenvalue weighted by molar-refractivity contribution is 6.30. The average molecular weight is 348 g/mol. The third-order valence-electron chi connectivity index (χ3n) is 3.18. The molecule has 0 saturated heterocycles. The molecule has 24 heavy (non-hydrogen) atoms. The second kappa shape index (κ2) is 8.36. The Morgan fingerprint density at radius 1 is 1.17 bits per heavy atom. The van der Waals surface area contributed by atoms with Crippen molar-refractivity contribution < 1.29 is 19.1 Å². The average Bonchev–Trinajstić information content (AvgIpc) is 2.56. The Morgan fingerprint density at radius 3 is 2.67 bits per heavy atom. The smallest absolute Gasteiger partial charge is 0.338 e. The molecule has 0 aliphatic carbocycles. The summed E-state index contributed by atoms with van der Waals surface area (Å²) in [6.07, 6.45) is 0. The van der Waals surface area contributed by atoms with Crippen molar-refractivity contribution >= 4 is 29.2 Å². The van der Waals surface area contributed by atoms with Gasteiger partial charge in [0.05, 0.1) is 12.2 Å². The molecular weight excluding hydrogens is 330 g/mol. The minimum Gasteiger partial charge on any atom is -0.484 e. The van der Waals surface area contributed by atoms with Gasteiger partial charge in [0.25, 0.3) is 5.91 Å². The lowest BCUT2D eigenvalue weighted by atomic mass is 10.2. The van der Waals surface area contributed by atoms with Gasteiger partial charge in [0.2, 0.25) is 0 Å². The lowest BCUT2D eigenvalue weighted by molar-refractivity contribution is -0.118. The number of hydrogen-bond donors (Lipinski definition) is 1. The van der Waals surface area contributed by atoms with Crippen LogP contribution in [0.2, 0.25) is 5.02 Å². The van der Waals surface area contributed by atoms with Gasteiger partial charge in [0.1, 0.15) is 5.75 Å². The first-order chi connectivity index (χ1) is 11.5. The van der Waals surface area contributed by atoms with E-state index in [1.807, 2.05) is 6.92 Å². The van der Waals surface area contributed by atoms with Gasteiger partial charge in [-0.15, -0.1) is 0 Å². The van der Waals surface area contributed by atoms with E-state index in [1.54, 1.807) is 49.4 Å². The molecule has 0 radical (unpaired) electrons. The third kappa shape index (κ3) is 4.99. The third-order valence-corrected chi connectivity index (χ3v) is 3.41. The highest BCUT2D eigenvalue weighted by atomic mass is 35.5. The fourth-order valence-corrected chi connectivity index (χ4v) is 2.26. The molecule has 0 fully saturated rings. The molecular formula is C18H18ClNO4. The highest BCUT2D eigenvalue weighted by Crippen LogP contribution is 2.19. The number of nitrogens with one attached hydrogen (secondary N) is 1. The summed E-state index contributed by atoms with van der Waals surface area (Å²) in [5.41, 5.74) is 1.91. The van der Waals surface area contributed by atoms with E-state index in [2.05, 4.69) is 5.32 Å². The van der Waals surface area contributed by atoms with E-state index < -0.39 is 5.97 Å². The maximum absolute atomic E-state index is 12.0. The number of carbonyl (C=O) groups excluding carboxylic acids is 2. The van der Waals surface area contributed by atoms with Crippen LogP contribution in [0.5, 0.6) is 5.75 Å². The Bertz CT molecular complexity index is 746. The number of benzene rings is 2. The zero-order valence-electron chi connectivity index (χ0n) is 13.5. The van der Waals surface area contributed by atoms with Crippen molar-refractivity contribution in [2.75, 3.05) is 18.5 Å². The molecule has 0 aromatic heterocycles. The summed E-state index contributed by atoms with van der Waals surface area (Å²) in [6, 6.07) is 11.7. The summed E-state index contributed by atoms with van der Waals surface area (Å²) in [7, 11) is 0. The fourth-order valence-electron chi connectivity index (χ4n) is 2.03. The number of hydrogen-bond acceptors (Lipinski definition) is 4. The van der Waals surface area contributed by atoms with E-state index in [0.29, 0.717) is 28.6 Å². The fraction of sp³-hybridized carbons (Fsp3) is 0.222. The van der Waals surface area contributed by atoms with Gasteiger partial charge >= 0.3 is 5.97 Å². The summed E-state index contributed by atoms with van der Waals surface area (Å²) >= 11 is 5.88. The number of aryl methyl sites for hydroxylation is 1. The molecule has 6 heteroatoms. The van der Waals surface area contributed by atoms with Crippen LogP contribution >= 0.6 is 11.6 Å². The van der Waals surface area contributed by atoms with Crippen LogP contribution in [-0.2, 0) is 9.53 Å². The van der Waals surface area contributed by atoms with Crippen molar-refractivity contribution in [1.29, 1.82) is 0 Å². The van der Waals surface area contributed by atoms with Crippen LogP contribution in [-0.4, -0.2) is 25.1 Å². The molecule has 0 aliphatic rings. The van der Waals surface area contributed by atoms with Crippen LogP contribution in [0.3, 0.4) is 0 Å². The van der Waals surface area contributed by atoms with Crippen LogP contribution < -0.4 is 10.1 Å². The minimum absolute atomic E-state index is 0.172. The van der Waals surface area contributed by atoms with Crippen molar-refractivity contribution in [3.8, 4) is 5.75 Å². The van der Waals surface area contributed by atoms with Crippen LogP contribution in [0.4, 0.5) is 5.69 Å². The van der Waals surface area contributed by atoms with Gasteiger partial charge < -0.3 is 14.8 Å². The molecule has 0 unspecified atom stereocenters. The summed E-state index contributed by atoms with van der Waals surface area (Å²) in [5, 5.41) is 3.36. The van der Waals surface area contributed by atoms with Crippen LogP contribution in [0, 0.1) is 6.92 Å². The Morgan fingerprint density at radius 2 is 1.96 bits per heavy atom. The van der Waals surface area contributed by atoms with E-state index in [0.717, 1.165) is 5.56 Å². The van der Waals surface area contributed by atoms with Crippen LogP contribution in [0.25, 0.3) is 0 Å². The lowest BCUT2D eigenvalue weighted by Crippen LogP contribution is -2.20.